The maximum Gasteiger partial charge on any atom is 0.181 e. The Labute approximate surface area is 104 Å². The second-order valence-electron chi connectivity index (χ2n) is 3.51. The monoisotopic (exact) mass is 279 g/mol. The van der Waals surface area contributed by atoms with Crippen LogP contribution in [0.4, 0.5) is 23.4 Å². The molecule has 0 aliphatic carbocycles. The summed E-state index contributed by atoms with van der Waals surface area (Å²) in [5, 5.41) is 2.40. The summed E-state index contributed by atoms with van der Waals surface area (Å²) >= 11 is 5.11. The molecule has 0 atom stereocenters. The van der Waals surface area contributed by atoms with Crippen LogP contribution in [0, 0.1) is 23.3 Å². The molecule has 0 aliphatic heterocycles. The Balaban J connectivity index is 2.84. The van der Waals surface area contributed by atoms with Gasteiger partial charge < -0.3 is 5.73 Å². The molecule has 2 aromatic rings. The molecule has 8 heteroatoms. The first-order valence-electron chi connectivity index (χ1n) is 4.65. The Morgan fingerprint density at radius 3 is 2.00 bits per heavy atom. The summed E-state index contributed by atoms with van der Waals surface area (Å²) < 4.78 is 54.9. The number of nitrogen functional groups attached to an aromatic ring is 1. The number of nitrogens with two attached hydrogens (primary N) is 1. The second-order valence-corrected chi connectivity index (χ2v) is 3.89. The molecule has 2 rings (SSSR count). The topological polar surface area (TPSA) is 43.8 Å². The van der Waals surface area contributed by atoms with Crippen molar-refractivity contribution in [1.29, 1.82) is 0 Å². The zero-order valence-corrected chi connectivity index (χ0v) is 9.69. The predicted octanol–water partition coefficient (Wildman–Crippen LogP) is 2.88. The van der Waals surface area contributed by atoms with Gasteiger partial charge in [0.05, 0.1) is 11.8 Å². The standard InChI is InChI=1S/C10H6ClF4N3/c1-18-10(16)3(2-17-18)4-6(12)8(14)5(11)9(15)7(4)13/h2H,16H2,1H3. The lowest BCUT2D eigenvalue weighted by Crippen LogP contribution is -2.03. The average molecular weight is 280 g/mol. The summed E-state index contributed by atoms with van der Waals surface area (Å²) in [7, 11) is 1.41. The van der Waals surface area contributed by atoms with Gasteiger partial charge in [0.2, 0.25) is 0 Å². The number of anilines is 1. The van der Waals surface area contributed by atoms with Crippen molar-refractivity contribution in [3.63, 3.8) is 0 Å². The number of aromatic nitrogens is 2. The van der Waals surface area contributed by atoms with E-state index in [1.165, 1.54) is 7.05 Å². The average Bonchev–Trinajstić information content (AvgIpc) is 2.66. The Morgan fingerprint density at radius 2 is 1.61 bits per heavy atom. The lowest BCUT2D eigenvalue weighted by Gasteiger charge is -2.08. The van der Waals surface area contributed by atoms with E-state index in [9.17, 15) is 17.6 Å². The zero-order valence-electron chi connectivity index (χ0n) is 8.94. The van der Waals surface area contributed by atoms with Gasteiger partial charge in [-0.3, -0.25) is 4.68 Å². The first kappa shape index (κ1) is 12.7. The lowest BCUT2D eigenvalue weighted by molar-refractivity contribution is 0.459. The van der Waals surface area contributed by atoms with Gasteiger partial charge in [0.25, 0.3) is 0 Å². The molecule has 0 unspecified atom stereocenters. The third-order valence-corrected chi connectivity index (χ3v) is 2.80. The van der Waals surface area contributed by atoms with Crippen LogP contribution >= 0.6 is 11.6 Å². The van der Waals surface area contributed by atoms with E-state index in [1.807, 2.05) is 0 Å². The molecule has 3 nitrogen and oxygen atoms in total. The fourth-order valence-corrected chi connectivity index (χ4v) is 1.65. The van der Waals surface area contributed by atoms with E-state index < -0.39 is 33.9 Å². The van der Waals surface area contributed by atoms with Crippen LogP contribution in [0.5, 0.6) is 0 Å². The molecule has 2 N–H and O–H groups in total. The van der Waals surface area contributed by atoms with Gasteiger partial charge in [-0.15, -0.1) is 0 Å². The van der Waals surface area contributed by atoms with Crippen LogP contribution < -0.4 is 5.73 Å². The largest absolute Gasteiger partial charge is 0.383 e. The molecular formula is C10H6ClF4N3. The van der Waals surface area contributed by atoms with Gasteiger partial charge in [0.1, 0.15) is 10.8 Å². The highest BCUT2D eigenvalue weighted by Gasteiger charge is 2.27. The van der Waals surface area contributed by atoms with Crippen LogP contribution in [0.2, 0.25) is 5.02 Å². The van der Waals surface area contributed by atoms with Crippen LogP contribution in [0.3, 0.4) is 0 Å². The highest BCUT2D eigenvalue weighted by Crippen LogP contribution is 2.36. The Morgan fingerprint density at radius 1 is 1.11 bits per heavy atom. The SMILES string of the molecule is Cn1ncc(-c2c(F)c(F)c(Cl)c(F)c2F)c1N. The van der Waals surface area contributed by atoms with Crippen molar-refractivity contribution in [3.05, 3.63) is 34.5 Å². The quantitative estimate of drug-likeness (QED) is 0.495. The summed E-state index contributed by atoms with van der Waals surface area (Å²) in [6, 6.07) is 0. The molecule has 0 saturated carbocycles. The minimum absolute atomic E-state index is 0.131. The van der Waals surface area contributed by atoms with E-state index in [2.05, 4.69) is 5.10 Å². The molecule has 1 heterocycles. The first-order chi connectivity index (χ1) is 8.36. The normalized spacial score (nSPS) is 11.0. The minimum Gasteiger partial charge on any atom is -0.383 e. The molecule has 0 bridgehead atoms. The molecule has 0 saturated heterocycles. The van der Waals surface area contributed by atoms with Crippen LogP contribution in [-0.2, 0) is 7.05 Å². The first-order valence-corrected chi connectivity index (χ1v) is 5.03. The molecule has 1 aromatic carbocycles. The summed E-state index contributed by atoms with van der Waals surface area (Å²) in [5.41, 5.74) is 4.32. The Bertz CT molecular complexity index is 610. The van der Waals surface area contributed by atoms with Crippen molar-refractivity contribution in [1.82, 2.24) is 9.78 Å². The smallest absolute Gasteiger partial charge is 0.181 e. The maximum absolute atomic E-state index is 13.6. The summed E-state index contributed by atoms with van der Waals surface area (Å²) in [4.78, 5) is 0. The number of nitrogens with zero attached hydrogens (tertiary/aromatic N) is 2. The van der Waals surface area contributed by atoms with E-state index in [-0.39, 0.29) is 11.4 Å². The van der Waals surface area contributed by atoms with E-state index >= 15 is 0 Å². The highest BCUT2D eigenvalue weighted by atomic mass is 35.5. The molecule has 0 radical (unpaired) electrons. The summed E-state index contributed by atoms with van der Waals surface area (Å²) in [6.07, 6.45) is 1.00. The number of hydrogen-bond acceptors (Lipinski definition) is 2. The van der Waals surface area contributed by atoms with Crippen LogP contribution in [0.25, 0.3) is 11.1 Å². The van der Waals surface area contributed by atoms with E-state index in [0.29, 0.717) is 0 Å². The molecule has 0 aliphatic rings. The summed E-state index contributed by atoms with van der Waals surface area (Å²) in [5.74, 6) is -6.70. The molecule has 18 heavy (non-hydrogen) atoms. The van der Waals surface area contributed by atoms with Gasteiger partial charge in [-0.1, -0.05) is 11.6 Å². The number of hydrogen-bond donors (Lipinski definition) is 1. The predicted molar refractivity (Wildman–Crippen MR) is 57.9 cm³/mol. The molecular weight excluding hydrogens is 274 g/mol. The van der Waals surface area contributed by atoms with Crippen molar-refractivity contribution < 1.29 is 17.6 Å². The van der Waals surface area contributed by atoms with Crippen LogP contribution in [0.1, 0.15) is 0 Å². The lowest BCUT2D eigenvalue weighted by atomic mass is 10.1. The molecule has 0 amide bonds. The third-order valence-electron chi connectivity index (χ3n) is 2.46. The fourth-order valence-electron chi connectivity index (χ4n) is 1.48. The number of aryl methyl sites for hydroxylation is 1. The van der Waals surface area contributed by atoms with Crippen LogP contribution in [-0.4, -0.2) is 9.78 Å². The Hall–Kier alpha value is -1.76. The van der Waals surface area contributed by atoms with E-state index in [4.69, 9.17) is 17.3 Å². The van der Waals surface area contributed by atoms with Crippen molar-refractivity contribution >= 4 is 17.4 Å². The van der Waals surface area contributed by atoms with Crippen molar-refractivity contribution in [2.75, 3.05) is 5.73 Å². The van der Waals surface area contributed by atoms with Gasteiger partial charge in [0, 0.05) is 12.6 Å². The molecule has 1 aromatic heterocycles. The fraction of sp³-hybridized carbons (Fsp3) is 0.100. The van der Waals surface area contributed by atoms with Gasteiger partial charge in [0.15, 0.2) is 23.3 Å². The Kier molecular flexibility index (Phi) is 2.94. The number of halogens is 5. The summed E-state index contributed by atoms with van der Waals surface area (Å²) in [6.45, 7) is 0. The number of benzene rings is 1. The maximum atomic E-state index is 13.6. The highest BCUT2D eigenvalue weighted by molar-refractivity contribution is 6.31. The van der Waals surface area contributed by atoms with Gasteiger partial charge in [-0.2, -0.15) is 5.10 Å². The van der Waals surface area contributed by atoms with Gasteiger partial charge >= 0.3 is 0 Å². The second kappa shape index (κ2) is 4.16. The minimum atomic E-state index is -1.67. The van der Waals surface area contributed by atoms with E-state index in [1.54, 1.807) is 0 Å². The van der Waals surface area contributed by atoms with Crippen molar-refractivity contribution in [2.45, 2.75) is 0 Å². The van der Waals surface area contributed by atoms with Crippen molar-refractivity contribution in [3.8, 4) is 11.1 Å². The van der Waals surface area contributed by atoms with Crippen LogP contribution in [0.15, 0.2) is 6.20 Å². The molecule has 0 fully saturated rings. The number of rotatable bonds is 1. The zero-order chi connectivity index (χ0) is 13.6. The molecule has 96 valence electrons. The van der Waals surface area contributed by atoms with E-state index in [0.717, 1.165) is 10.9 Å². The third kappa shape index (κ3) is 1.62. The van der Waals surface area contributed by atoms with Crippen molar-refractivity contribution in [2.24, 2.45) is 7.05 Å². The molecule has 0 spiro atoms. The van der Waals surface area contributed by atoms with Gasteiger partial charge in [-0.05, 0) is 0 Å². The van der Waals surface area contributed by atoms with Gasteiger partial charge in [-0.25, -0.2) is 17.6 Å².